The van der Waals surface area contributed by atoms with Crippen LogP contribution in [0.1, 0.15) is 24.3 Å². The van der Waals surface area contributed by atoms with E-state index in [1.165, 1.54) is 12.1 Å². The summed E-state index contributed by atoms with van der Waals surface area (Å²) in [5, 5.41) is -0.706. The Morgan fingerprint density at radius 1 is 1.08 bits per heavy atom. The molecule has 0 N–H and O–H groups in total. The molecule has 1 aliphatic heterocycles. The van der Waals surface area contributed by atoms with E-state index in [1.807, 2.05) is 12.1 Å². The summed E-state index contributed by atoms with van der Waals surface area (Å²) in [5.74, 6) is -1.21. The largest absolute Gasteiger partial charge is 0.298 e. The van der Waals surface area contributed by atoms with E-state index in [2.05, 4.69) is 4.99 Å². The topological polar surface area (TPSA) is 63.6 Å². The summed E-state index contributed by atoms with van der Waals surface area (Å²) in [6, 6.07) is 10.6. The lowest BCUT2D eigenvalue weighted by Gasteiger charge is -2.32. The highest BCUT2D eigenvalue weighted by molar-refractivity contribution is 7.94. The molecule has 4 nitrogen and oxygen atoms in total. The number of benzene rings is 2. The van der Waals surface area contributed by atoms with E-state index in [4.69, 9.17) is 11.6 Å². The third kappa shape index (κ3) is 2.69. The number of aliphatic imine (C=N–C) groups is 1. The van der Waals surface area contributed by atoms with Crippen molar-refractivity contribution in [2.24, 2.45) is 4.99 Å². The first-order valence-electron chi connectivity index (χ1n) is 7.75. The normalized spacial score (nSPS) is 24.2. The second kappa shape index (κ2) is 5.75. The highest BCUT2D eigenvalue weighted by atomic mass is 35.5. The van der Waals surface area contributed by atoms with E-state index in [-0.39, 0.29) is 22.9 Å². The second-order valence-corrected chi connectivity index (χ2v) is 8.70. The zero-order chi connectivity index (χ0) is 17.8. The molecule has 0 bridgehead atoms. The van der Waals surface area contributed by atoms with Crippen LogP contribution in [-0.4, -0.2) is 25.2 Å². The first kappa shape index (κ1) is 16.4. The summed E-state index contributed by atoms with van der Waals surface area (Å²) in [6.45, 7) is 0. The zero-order valence-electron chi connectivity index (χ0n) is 12.9. The van der Waals surface area contributed by atoms with Gasteiger partial charge in [0.25, 0.3) is 0 Å². The van der Waals surface area contributed by atoms with E-state index in [0.717, 1.165) is 11.6 Å². The Kier molecular flexibility index (Phi) is 3.77. The first-order valence-corrected chi connectivity index (χ1v) is 9.68. The Morgan fingerprint density at radius 2 is 1.80 bits per heavy atom. The van der Waals surface area contributed by atoms with Crippen LogP contribution >= 0.6 is 11.6 Å². The zero-order valence-corrected chi connectivity index (χ0v) is 14.5. The van der Waals surface area contributed by atoms with Crippen molar-refractivity contribution in [1.29, 1.82) is 0 Å². The van der Waals surface area contributed by atoms with Gasteiger partial charge in [-0.25, -0.2) is 12.8 Å². The van der Waals surface area contributed by atoms with Crippen LogP contribution in [0.3, 0.4) is 0 Å². The number of sulfone groups is 1. The van der Waals surface area contributed by atoms with Crippen molar-refractivity contribution in [3.63, 3.8) is 0 Å². The molecular weight excluding hydrogens is 365 g/mol. The smallest absolute Gasteiger partial charge is 0.195 e. The summed E-state index contributed by atoms with van der Waals surface area (Å²) in [6.07, 6.45) is 0.475. The van der Waals surface area contributed by atoms with Gasteiger partial charge in [0.2, 0.25) is 0 Å². The number of hydrogen-bond donors (Lipinski definition) is 0. The van der Waals surface area contributed by atoms with Crippen molar-refractivity contribution >= 4 is 38.6 Å². The highest BCUT2D eigenvalue weighted by Gasteiger charge is 2.46. The fraction of sp³-hybridized carbons (Fsp3) is 0.222. The van der Waals surface area contributed by atoms with Crippen LogP contribution < -0.4 is 0 Å². The lowest BCUT2D eigenvalue weighted by atomic mass is 9.82. The average molecular weight is 378 g/mol. The molecule has 0 saturated heterocycles. The lowest BCUT2D eigenvalue weighted by Crippen LogP contribution is -2.44. The fourth-order valence-corrected chi connectivity index (χ4v) is 5.50. The van der Waals surface area contributed by atoms with Crippen molar-refractivity contribution in [2.45, 2.75) is 28.9 Å². The van der Waals surface area contributed by atoms with Gasteiger partial charge in [0.1, 0.15) is 5.82 Å². The van der Waals surface area contributed by atoms with Crippen molar-refractivity contribution in [2.75, 3.05) is 0 Å². The van der Waals surface area contributed by atoms with Gasteiger partial charge in [-0.2, -0.15) is 0 Å². The monoisotopic (exact) mass is 377 g/mol. The number of fused-ring (bicyclic) bond motifs is 2. The van der Waals surface area contributed by atoms with Gasteiger partial charge in [0.05, 0.1) is 10.6 Å². The summed E-state index contributed by atoms with van der Waals surface area (Å²) in [5.41, 5.74) is 1.44. The van der Waals surface area contributed by atoms with Gasteiger partial charge in [0, 0.05) is 17.2 Å². The Bertz CT molecular complexity index is 1020. The highest BCUT2D eigenvalue weighted by Crippen LogP contribution is 2.41. The number of carbonyl (C=O) groups excluding carboxylic acids is 1. The average Bonchev–Trinajstić information content (AvgIpc) is 2.55. The molecule has 25 heavy (non-hydrogen) atoms. The van der Waals surface area contributed by atoms with Crippen molar-refractivity contribution in [3.8, 4) is 0 Å². The molecular formula is C18H13ClFNO3S. The summed E-state index contributed by atoms with van der Waals surface area (Å²) in [4.78, 5) is 16.8. The van der Waals surface area contributed by atoms with Crippen molar-refractivity contribution in [1.82, 2.24) is 0 Å². The number of halogens is 2. The maximum Gasteiger partial charge on any atom is 0.195 e. The van der Waals surface area contributed by atoms with Crippen LogP contribution in [0.2, 0.25) is 5.02 Å². The van der Waals surface area contributed by atoms with E-state index < -0.39 is 26.7 Å². The SMILES string of the molecule is O=C1CC(c2ccc(Cl)cc2)CC2=Nc3ccc(F)cc3S(=O)(=O)C12. The molecule has 7 heteroatoms. The molecule has 2 atom stereocenters. The van der Waals surface area contributed by atoms with Gasteiger partial charge in [-0.1, -0.05) is 23.7 Å². The molecule has 4 rings (SSSR count). The molecule has 1 aliphatic carbocycles. The molecule has 128 valence electrons. The molecule has 0 radical (unpaired) electrons. The molecule has 2 unspecified atom stereocenters. The van der Waals surface area contributed by atoms with Gasteiger partial charge in [-0.3, -0.25) is 9.79 Å². The predicted octanol–water partition coefficient (Wildman–Crippen LogP) is 3.85. The third-order valence-corrected chi connectivity index (χ3v) is 6.99. The number of Topliss-reactive ketones (excluding diaryl/α,β-unsaturated/α-hetero) is 1. The number of carbonyl (C=O) groups is 1. The molecule has 2 aromatic carbocycles. The minimum absolute atomic E-state index is 0.106. The van der Waals surface area contributed by atoms with Gasteiger partial charge in [0.15, 0.2) is 20.9 Å². The van der Waals surface area contributed by atoms with Crippen LogP contribution in [-0.2, 0) is 14.6 Å². The maximum atomic E-state index is 13.5. The molecule has 0 amide bonds. The summed E-state index contributed by atoms with van der Waals surface area (Å²) >= 11 is 5.90. The van der Waals surface area contributed by atoms with Crippen LogP contribution in [0.15, 0.2) is 52.4 Å². The molecule has 1 heterocycles. The third-order valence-electron chi connectivity index (χ3n) is 4.64. The first-order chi connectivity index (χ1) is 11.9. The van der Waals surface area contributed by atoms with E-state index in [9.17, 15) is 17.6 Å². The second-order valence-electron chi connectivity index (χ2n) is 6.26. The van der Waals surface area contributed by atoms with Crippen molar-refractivity contribution < 1.29 is 17.6 Å². The van der Waals surface area contributed by atoms with E-state index in [1.54, 1.807) is 12.1 Å². The molecule has 1 fully saturated rings. The number of hydrogen-bond acceptors (Lipinski definition) is 4. The Labute approximate surface area is 149 Å². The van der Waals surface area contributed by atoms with Crippen LogP contribution in [0, 0.1) is 5.82 Å². The van der Waals surface area contributed by atoms with Gasteiger partial charge < -0.3 is 0 Å². The quantitative estimate of drug-likeness (QED) is 0.758. The minimum atomic E-state index is -3.97. The maximum absolute atomic E-state index is 13.5. The Balaban J connectivity index is 1.79. The molecule has 0 spiro atoms. The Morgan fingerprint density at radius 3 is 2.52 bits per heavy atom. The minimum Gasteiger partial charge on any atom is -0.298 e. The number of ketones is 1. The van der Waals surface area contributed by atoms with Crippen molar-refractivity contribution in [3.05, 3.63) is 58.9 Å². The Hall–Kier alpha value is -2.05. The standard InChI is InChI=1S/C18H13ClFNO3S/c19-12-3-1-10(2-4-12)11-7-15-18(16(22)8-11)25(23,24)17-9-13(20)5-6-14(17)21-15/h1-6,9,11,18H,7-8H2. The van der Waals surface area contributed by atoms with Crippen LogP contribution in [0.5, 0.6) is 0 Å². The fourth-order valence-electron chi connectivity index (χ4n) is 3.48. The number of rotatable bonds is 1. The van der Waals surface area contributed by atoms with E-state index >= 15 is 0 Å². The molecule has 0 aromatic heterocycles. The summed E-state index contributed by atoms with van der Waals surface area (Å²) in [7, 11) is -3.97. The van der Waals surface area contributed by atoms with Crippen LogP contribution in [0.4, 0.5) is 10.1 Å². The lowest BCUT2D eigenvalue weighted by molar-refractivity contribution is -0.118. The molecule has 2 aromatic rings. The number of nitrogens with zero attached hydrogens (tertiary/aromatic N) is 1. The molecule has 2 aliphatic rings. The van der Waals surface area contributed by atoms with Gasteiger partial charge in [-0.05, 0) is 48.2 Å². The van der Waals surface area contributed by atoms with Gasteiger partial charge in [-0.15, -0.1) is 0 Å². The molecule has 1 saturated carbocycles. The predicted molar refractivity (Wildman–Crippen MR) is 92.9 cm³/mol. The summed E-state index contributed by atoms with van der Waals surface area (Å²) < 4.78 is 39.1. The van der Waals surface area contributed by atoms with E-state index in [0.29, 0.717) is 17.2 Å². The van der Waals surface area contributed by atoms with Gasteiger partial charge >= 0.3 is 0 Å². The van der Waals surface area contributed by atoms with Crippen LogP contribution in [0.25, 0.3) is 0 Å².